The molecule has 94 valence electrons. The highest BCUT2D eigenvalue weighted by Gasteiger charge is 2.01. The zero-order valence-electron chi connectivity index (χ0n) is 10.1. The SMILES string of the molecule is COCCNCC(C)=Cc1cccc(Cl)c1Cl. The molecule has 0 saturated heterocycles. The fraction of sp³-hybridized carbons (Fsp3) is 0.385. The lowest BCUT2D eigenvalue weighted by atomic mass is 10.1. The third-order valence-electron chi connectivity index (χ3n) is 2.27. The molecule has 1 N–H and O–H groups in total. The van der Waals surface area contributed by atoms with E-state index in [4.69, 9.17) is 27.9 Å². The average Bonchev–Trinajstić information content (AvgIpc) is 2.31. The number of ether oxygens (including phenoxy) is 1. The summed E-state index contributed by atoms with van der Waals surface area (Å²) in [6.07, 6.45) is 2.04. The van der Waals surface area contributed by atoms with Crippen LogP contribution in [0.15, 0.2) is 23.8 Å². The Morgan fingerprint density at radius 2 is 2.18 bits per heavy atom. The minimum Gasteiger partial charge on any atom is -0.383 e. The van der Waals surface area contributed by atoms with Gasteiger partial charge in [-0.05, 0) is 18.6 Å². The molecule has 17 heavy (non-hydrogen) atoms. The van der Waals surface area contributed by atoms with Gasteiger partial charge in [-0.1, -0.05) is 47.0 Å². The van der Waals surface area contributed by atoms with Crippen molar-refractivity contribution in [2.45, 2.75) is 6.92 Å². The number of methoxy groups -OCH3 is 1. The summed E-state index contributed by atoms with van der Waals surface area (Å²) in [7, 11) is 1.69. The summed E-state index contributed by atoms with van der Waals surface area (Å²) in [5, 5.41) is 4.46. The predicted molar refractivity (Wildman–Crippen MR) is 74.9 cm³/mol. The molecule has 0 atom stereocenters. The first-order chi connectivity index (χ1) is 8.15. The van der Waals surface area contributed by atoms with Gasteiger partial charge in [0.2, 0.25) is 0 Å². The number of hydrogen-bond acceptors (Lipinski definition) is 2. The number of halogens is 2. The quantitative estimate of drug-likeness (QED) is 0.800. The van der Waals surface area contributed by atoms with Crippen LogP contribution < -0.4 is 5.32 Å². The van der Waals surface area contributed by atoms with Crippen molar-refractivity contribution >= 4 is 29.3 Å². The summed E-state index contributed by atoms with van der Waals surface area (Å²) in [6, 6.07) is 5.63. The molecule has 0 radical (unpaired) electrons. The average molecular weight is 274 g/mol. The molecule has 0 aliphatic heterocycles. The van der Waals surface area contributed by atoms with Crippen molar-refractivity contribution in [3.05, 3.63) is 39.4 Å². The summed E-state index contributed by atoms with van der Waals surface area (Å²) in [6.45, 7) is 4.42. The lowest BCUT2D eigenvalue weighted by Crippen LogP contribution is -2.20. The highest BCUT2D eigenvalue weighted by Crippen LogP contribution is 2.26. The van der Waals surface area contributed by atoms with Gasteiger partial charge in [0, 0.05) is 20.2 Å². The first kappa shape index (κ1) is 14.5. The summed E-state index contributed by atoms with van der Waals surface area (Å²) in [5.41, 5.74) is 2.15. The number of nitrogens with one attached hydrogen (secondary N) is 1. The molecule has 0 spiro atoms. The Labute approximate surface area is 113 Å². The summed E-state index contributed by atoms with van der Waals surface area (Å²) >= 11 is 12.1. The zero-order chi connectivity index (χ0) is 12.7. The van der Waals surface area contributed by atoms with E-state index in [1.807, 2.05) is 18.2 Å². The first-order valence-electron chi connectivity index (χ1n) is 5.46. The molecule has 0 amide bonds. The zero-order valence-corrected chi connectivity index (χ0v) is 11.6. The van der Waals surface area contributed by atoms with E-state index in [9.17, 15) is 0 Å². The summed E-state index contributed by atoms with van der Waals surface area (Å²) in [4.78, 5) is 0. The van der Waals surface area contributed by atoms with Crippen molar-refractivity contribution in [2.75, 3.05) is 26.8 Å². The molecule has 2 nitrogen and oxygen atoms in total. The Morgan fingerprint density at radius 1 is 1.41 bits per heavy atom. The van der Waals surface area contributed by atoms with Gasteiger partial charge in [-0.25, -0.2) is 0 Å². The minimum atomic E-state index is 0.584. The maximum Gasteiger partial charge on any atom is 0.0664 e. The predicted octanol–water partition coefficient (Wildman–Crippen LogP) is 3.63. The molecule has 0 unspecified atom stereocenters. The van der Waals surface area contributed by atoms with Crippen LogP contribution in [0, 0.1) is 0 Å². The maximum atomic E-state index is 6.10. The Hall–Kier alpha value is -0.540. The number of hydrogen-bond donors (Lipinski definition) is 1. The van der Waals surface area contributed by atoms with Gasteiger partial charge in [0.05, 0.1) is 16.7 Å². The highest BCUT2D eigenvalue weighted by molar-refractivity contribution is 6.42. The van der Waals surface area contributed by atoms with Crippen LogP contribution >= 0.6 is 23.2 Å². The van der Waals surface area contributed by atoms with Gasteiger partial charge < -0.3 is 10.1 Å². The van der Waals surface area contributed by atoms with Gasteiger partial charge in [-0.3, -0.25) is 0 Å². The molecule has 1 rings (SSSR count). The lowest BCUT2D eigenvalue weighted by molar-refractivity contribution is 0.200. The third kappa shape index (κ3) is 5.09. The fourth-order valence-electron chi connectivity index (χ4n) is 1.41. The van der Waals surface area contributed by atoms with Crippen molar-refractivity contribution in [3.8, 4) is 0 Å². The van der Waals surface area contributed by atoms with Crippen LogP contribution in [-0.2, 0) is 4.74 Å². The second-order valence-corrected chi connectivity index (χ2v) is 4.59. The molecule has 0 heterocycles. The standard InChI is InChI=1S/C13H17Cl2NO/c1-10(9-16-6-7-17-2)8-11-4-3-5-12(14)13(11)15/h3-5,8,16H,6-7,9H2,1-2H3. The molecule has 0 aliphatic carbocycles. The van der Waals surface area contributed by atoms with E-state index >= 15 is 0 Å². The molecular formula is C13H17Cl2NO. The molecule has 4 heteroatoms. The fourth-order valence-corrected chi connectivity index (χ4v) is 1.77. The van der Waals surface area contributed by atoms with Crippen LogP contribution in [-0.4, -0.2) is 26.8 Å². The Morgan fingerprint density at radius 3 is 2.88 bits per heavy atom. The summed E-state index contributed by atoms with van der Waals surface area (Å²) in [5.74, 6) is 0. The van der Waals surface area contributed by atoms with Crippen LogP contribution in [0.3, 0.4) is 0 Å². The lowest BCUT2D eigenvalue weighted by Gasteiger charge is -2.06. The van der Waals surface area contributed by atoms with Gasteiger partial charge >= 0.3 is 0 Å². The Kier molecular flexibility index (Phi) is 6.60. The second-order valence-electron chi connectivity index (χ2n) is 3.80. The van der Waals surface area contributed by atoms with Crippen LogP contribution in [0.25, 0.3) is 6.08 Å². The molecule has 0 bridgehead atoms. The Balaban J connectivity index is 2.58. The van der Waals surface area contributed by atoms with E-state index in [0.29, 0.717) is 16.7 Å². The molecule has 0 saturated carbocycles. The third-order valence-corrected chi connectivity index (χ3v) is 3.10. The summed E-state index contributed by atoms with van der Waals surface area (Å²) < 4.78 is 4.96. The second kappa shape index (κ2) is 7.72. The van der Waals surface area contributed by atoms with Crippen LogP contribution in [0.1, 0.15) is 12.5 Å². The van der Waals surface area contributed by atoms with Crippen molar-refractivity contribution < 1.29 is 4.74 Å². The molecule has 0 fully saturated rings. The van der Waals surface area contributed by atoms with Gasteiger partial charge in [0.15, 0.2) is 0 Å². The number of benzene rings is 1. The Bertz CT molecular complexity index is 391. The molecular weight excluding hydrogens is 257 g/mol. The van der Waals surface area contributed by atoms with Gasteiger partial charge in [-0.2, -0.15) is 0 Å². The number of rotatable bonds is 6. The topological polar surface area (TPSA) is 21.3 Å². The van der Waals surface area contributed by atoms with Gasteiger partial charge in [0.25, 0.3) is 0 Å². The smallest absolute Gasteiger partial charge is 0.0664 e. The molecule has 1 aromatic rings. The van der Waals surface area contributed by atoms with Crippen molar-refractivity contribution in [3.63, 3.8) is 0 Å². The van der Waals surface area contributed by atoms with E-state index in [1.165, 1.54) is 5.57 Å². The van der Waals surface area contributed by atoms with E-state index in [2.05, 4.69) is 12.2 Å². The first-order valence-corrected chi connectivity index (χ1v) is 6.21. The molecule has 0 aromatic heterocycles. The van der Waals surface area contributed by atoms with Gasteiger partial charge in [0.1, 0.15) is 0 Å². The van der Waals surface area contributed by atoms with Crippen LogP contribution in [0.4, 0.5) is 0 Å². The van der Waals surface area contributed by atoms with Crippen LogP contribution in [0.2, 0.25) is 10.0 Å². The van der Waals surface area contributed by atoms with Crippen molar-refractivity contribution in [2.24, 2.45) is 0 Å². The monoisotopic (exact) mass is 273 g/mol. The van der Waals surface area contributed by atoms with E-state index in [1.54, 1.807) is 13.2 Å². The molecule has 1 aromatic carbocycles. The minimum absolute atomic E-state index is 0.584. The maximum absolute atomic E-state index is 6.10. The molecule has 0 aliphatic rings. The van der Waals surface area contributed by atoms with Crippen LogP contribution in [0.5, 0.6) is 0 Å². The highest BCUT2D eigenvalue weighted by atomic mass is 35.5. The van der Waals surface area contributed by atoms with E-state index in [-0.39, 0.29) is 0 Å². The largest absolute Gasteiger partial charge is 0.383 e. The van der Waals surface area contributed by atoms with E-state index < -0.39 is 0 Å². The van der Waals surface area contributed by atoms with E-state index in [0.717, 1.165) is 18.7 Å². The van der Waals surface area contributed by atoms with Crippen molar-refractivity contribution in [1.29, 1.82) is 0 Å². The van der Waals surface area contributed by atoms with Crippen molar-refractivity contribution in [1.82, 2.24) is 5.32 Å². The normalized spacial score (nSPS) is 11.9. The van der Waals surface area contributed by atoms with Gasteiger partial charge in [-0.15, -0.1) is 0 Å².